The second kappa shape index (κ2) is 8.06. The highest BCUT2D eigenvalue weighted by Gasteiger charge is 2.12. The van der Waals surface area contributed by atoms with Gasteiger partial charge in [0.15, 0.2) is 0 Å². The molecule has 5 heteroatoms. The van der Waals surface area contributed by atoms with Gasteiger partial charge in [-0.15, -0.1) is 0 Å². The number of benzene rings is 3. The van der Waals surface area contributed by atoms with Crippen molar-refractivity contribution >= 4 is 35.0 Å². The van der Waals surface area contributed by atoms with Gasteiger partial charge in [-0.3, -0.25) is 5.32 Å². The fourth-order valence-corrected chi connectivity index (χ4v) is 2.78. The van der Waals surface area contributed by atoms with Crippen molar-refractivity contribution in [2.75, 3.05) is 5.32 Å². The third kappa shape index (κ3) is 4.75. The van der Waals surface area contributed by atoms with Gasteiger partial charge in [-0.1, -0.05) is 65.7 Å². The number of hydrogen-bond donors (Lipinski definition) is 1. The number of carbonyl (C=O) groups is 1. The van der Waals surface area contributed by atoms with E-state index in [1.807, 2.05) is 30.3 Å². The summed E-state index contributed by atoms with van der Waals surface area (Å²) in [6, 6.07) is 22.0. The third-order valence-corrected chi connectivity index (χ3v) is 4.14. The molecule has 3 nitrogen and oxygen atoms in total. The summed E-state index contributed by atoms with van der Waals surface area (Å²) in [4.78, 5) is 12.2. The summed E-state index contributed by atoms with van der Waals surface area (Å²) in [6.07, 6.45) is 0.000521. The average Bonchev–Trinajstić information content (AvgIpc) is 2.60. The van der Waals surface area contributed by atoms with Crippen LogP contribution in [0.3, 0.4) is 0 Å². The topological polar surface area (TPSA) is 38.3 Å². The molecule has 0 aliphatic heterocycles. The van der Waals surface area contributed by atoms with Crippen LogP contribution in [0.25, 0.3) is 0 Å². The number of anilines is 1. The summed E-state index contributed by atoms with van der Waals surface area (Å²) in [5, 5.41) is 3.67. The van der Waals surface area contributed by atoms with Gasteiger partial charge in [-0.25, -0.2) is 4.79 Å². The number of carbonyl (C=O) groups excluding carboxylic acids is 1. The van der Waals surface area contributed by atoms with Gasteiger partial charge in [0.05, 0.1) is 10.7 Å². The molecule has 0 radical (unpaired) electrons. The molecule has 0 spiro atoms. The molecule has 0 aromatic heterocycles. The lowest BCUT2D eigenvalue weighted by Gasteiger charge is -2.12. The first-order chi connectivity index (χ1) is 12.1. The van der Waals surface area contributed by atoms with E-state index in [4.69, 9.17) is 27.9 Å². The number of rotatable bonds is 4. The molecule has 3 rings (SSSR count). The van der Waals surface area contributed by atoms with Crippen LogP contribution in [0, 0.1) is 0 Å². The van der Waals surface area contributed by atoms with E-state index in [2.05, 4.69) is 5.32 Å². The Morgan fingerprint density at radius 2 is 1.64 bits per heavy atom. The minimum atomic E-state index is -0.607. The molecule has 0 aliphatic carbocycles. The average molecular weight is 372 g/mol. The zero-order valence-electron chi connectivity index (χ0n) is 13.2. The van der Waals surface area contributed by atoms with E-state index in [-0.39, 0.29) is 0 Å². The van der Waals surface area contributed by atoms with E-state index < -0.39 is 6.09 Å². The molecule has 3 aromatic carbocycles. The van der Waals surface area contributed by atoms with Crippen LogP contribution >= 0.6 is 23.2 Å². The first-order valence-electron chi connectivity index (χ1n) is 7.67. The van der Waals surface area contributed by atoms with Crippen LogP contribution in [-0.2, 0) is 6.42 Å². The molecule has 126 valence electrons. The van der Waals surface area contributed by atoms with E-state index in [1.54, 1.807) is 42.5 Å². The first-order valence-corrected chi connectivity index (χ1v) is 8.43. The van der Waals surface area contributed by atoms with E-state index >= 15 is 0 Å². The fraction of sp³-hybridized carbons (Fsp3) is 0.0500. The molecular weight excluding hydrogens is 357 g/mol. The quantitative estimate of drug-likeness (QED) is 0.593. The summed E-state index contributed by atoms with van der Waals surface area (Å²) in [7, 11) is 0. The van der Waals surface area contributed by atoms with Crippen molar-refractivity contribution in [2.45, 2.75) is 6.42 Å². The van der Waals surface area contributed by atoms with Crippen LogP contribution in [0.5, 0.6) is 5.75 Å². The van der Waals surface area contributed by atoms with Crippen molar-refractivity contribution in [1.82, 2.24) is 0 Å². The summed E-state index contributed by atoms with van der Waals surface area (Å²) < 4.78 is 5.46. The van der Waals surface area contributed by atoms with Gasteiger partial charge >= 0.3 is 6.09 Å². The second-order valence-electron chi connectivity index (χ2n) is 5.41. The molecule has 0 heterocycles. The molecule has 1 amide bonds. The molecule has 0 saturated heterocycles. The Bertz CT molecular complexity index is 882. The van der Waals surface area contributed by atoms with Crippen LogP contribution in [-0.4, -0.2) is 6.09 Å². The molecule has 25 heavy (non-hydrogen) atoms. The van der Waals surface area contributed by atoms with E-state index in [0.717, 1.165) is 11.1 Å². The lowest BCUT2D eigenvalue weighted by atomic mass is 10.0. The Hall–Kier alpha value is -2.49. The molecule has 1 N–H and O–H groups in total. The predicted octanol–water partition coefficient (Wildman–Crippen LogP) is 6.20. The Morgan fingerprint density at radius 1 is 0.920 bits per heavy atom. The summed E-state index contributed by atoms with van der Waals surface area (Å²) in [6.45, 7) is 0. The third-order valence-electron chi connectivity index (χ3n) is 3.57. The number of hydrogen-bond acceptors (Lipinski definition) is 2. The molecular formula is C20H15Cl2NO2. The van der Waals surface area contributed by atoms with Gasteiger partial charge in [-0.2, -0.15) is 0 Å². The number of halogens is 2. The SMILES string of the molecule is O=C(Nc1ccccc1Cl)Oc1ccc(Cl)cc1Cc1ccccc1. The van der Waals surface area contributed by atoms with Gasteiger partial charge in [0.1, 0.15) is 5.75 Å². The Balaban J connectivity index is 1.78. The van der Waals surface area contributed by atoms with Gasteiger partial charge in [0, 0.05) is 17.0 Å². The van der Waals surface area contributed by atoms with Crippen molar-refractivity contribution in [2.24, 2.45) is 0 Å². The number of amides is 1. The van der Waals surface area contributed by atoms with Gasteiger partial charge in [0.2, 0.25) is 0 Å². The highest BCUT2D eigenvalue weighted by molar-refractivity contribution is 6.33. The molecule has 0 fully saturated rings. The van der Waals surface area contributed by atoms with Crippen LogP contribution < -0.4 is 10.1 Å². The van der Waals surface area contributed by atoms with E-state index in [1.165, 1.54) is 0 Å². The molecule has 0 bridgehead atoms. The summed E-state index contributed by atoms with van der Waals surface area (Å²) in [5.41, 5.74) is 2.42. The molecule has 0 aliphatic rings. The number of ether oxygens (including phenoxy) is 1. The zero-order valence-corrected chi connectivity index (χ0v) is 14.7. The Morgan fingerprint density at radius 3 is 2.40 bits per heavy atom. The Labute approximate surface area is 156 Å². The van der Waals surface area contributed by atoms with Crippen molar-refractivity contribution < 1.29 is 9.53 Å². The van der Waals surface area contributed by atoms with Crippen molar-refractivity contribution in [3.05, 3.63) is 94.0 Å². The predicted molar refractivity (Wildman–Crippen MR) is 102 cm³/mol. The van der Waals surface area contributed by atoms with Crippen molar-refractivity contribution in [3.63, 3.8) is 0 Å². The molecule has 3 aromatic rings. The van der Waals surface area contributed by atoms with Crippen molar-refractivity contribution in [1.29, 1.82) is 0 Å². The van der Waals surface area contributed by atoms with Crippen molar-refractivity contribution in [3.8, 4) is 5.75 Å². The van der Waals surface area contributed by atoms with Gasteiger partial charge in [-0.05, 0) is 35.9 Å². The molecule has 0 atom stereocenters. The summed E-state index contributed by atoms with van der Waals surface area (Å²) >= 11 is 12.1. The minimum Gasteiger partial charge on any atom is -0.410 e. The van der Waals surface area contributed by atoms with Crippen LogP contribution in [0.1, 0.15) is 11.1 Å². The summed E-state index contributed by atoms with van der Waals surface area (Å²) in [5.74, 6) is 0.456. The van der Waals surface area contributed by atoms with E-state index in [0.29, 0.717) is 27.9 Å². The maximum absolute atomic E-state index is 12.2. The van der Waals surface area contributed by atoms with Gasteiger partial charge in [0.25, 0.3) is 0 Å². The number of nitrogens with one attached hydrogen (secondary N) is 1. The monoisotopic (exact) mass is 371 g/mol. The van der Waals surface area contributed by atoms with Gasteiger partial charge < -0.3 is 4.74 Å². The van der Waals surface area contributed by atoms with Crippen LogP contribution in [0.2, 0.25) is 10.0 Å². The maximum atomic E-state index is 12.2. The highest BCUT2D eigenvalue weighted by atomic mass is 35.5. The standard InChI is InChI=1S/C20H15Cl2NO2/c21-16-10-11-19(15(13-16)12-14-6-2-1-3-7-14)25-20(24)23-18-9-5-4-8-17(18)22/h1-11,13H,12H2,(H,23,24). The minimum absolute atomic E-state index is 0.445. The van der Waals surface area contributed by atoms with Crippen LogP contribution in [0.15, 0.2) is 72.8 Å². The smallest absolute Gasteiger partial charge is 0.410 e. The van der Waals surface area contributed by atoms with Crippen LogP contribution in [0.4, 0.5) is 10.5 Å². The Kier molecular flexibility index (Phi) is 5.59. The number of para-hydroxylation sites is 1. The first kappa shape index (κ1) is 17.3. The lowest BCUT2D eigenvalue weighted by molar-refractivity contribution is 0.215. The maximum Gasteiger partial charge on any atom is 0.417 e. The lowest BCUT2D eigenvalue weighted by Crippen LogP contribution is -2.17. The second-order valence-corrected chi connectivity index (χ2v) is 6.25. The normalized spacial score (nSPS) is 10.3. The molecule has 0 saturated carbocycles. The largest absolute Gasteiger partial charge is 0.417 e. The van der Waals surface area contributed by atoms with E-state index in [9.17, 15) is 4.79 Å². The highest BCUT2D eigenvalue weighted by Crippen LogP contribution is 2.27. The molecule has 0 unspecified atom stereocenters. The zero-order chi connectivity index (χ0) is 17.6. The fourth-order valence-electron chi connectivity index (χ4n) is 2.40.